The smallest absolute Gasteiger partial charge is 0.336 e. The number of nitrogens with one attached hydrogen (secondary N) is 2. The number of benzene rings is 2. The van der Waals surface area contributed by atoms with Crippen molar-refractivity contribution in [2.24, 2.45) is 0 Å². The number of aromatic amines is 1. The van der Waals surface area contributed by atoms with Crippen LogP contribution >= 0.6 is 23.4 Å². The molecule has 0 amide bonds. The number of carbonyl (C=O) groups excluding carboxylic acids is 1. The van der Waals surface area contributed by atoms with E-state index in [0.717, 1.165) is 5.56 Å². The van der Waals surface area contributed by atoms with Crippen molar-refractivity contribution in [3.8, 4) is 0 Å². The topological polar surface area (TPSA) is 84.1 Å². The molecule has 0 saturated heterocycles. The van der Waals surface area contributed by atoms with Gasteiger partial charge >= 0.3 is 5.97 Å². The van der Waals surface area contributed by atoms with Crippen molar-refractivity contribution in [2.75, 3.05) is 12.4 Å². The molecule has 1 aliphatic rings. The summed E-state index contributed by atoms with van der Waals surface area (Å²) < 4.78 is 18.5. The third-order valence-corrected chi connectivity index (χ3v) is 6.44. The highest BCUT2D eigenvalue weighted by Crippen LogP contribution is 2.40. The number of anilines is 1. The number of methoxy groups -OCH3 is 1. The highest BCUT2D eigenvalue weighted by atomic mass is 35.5. The van der Waals surface area contributed by atoms with E-state index in [9.17, 15) is 14.0 Å². The van der Waals surface area contributed by atoms with Crippen molar-refractivity contribution in [3.05, 3.63) is 97.7 Å². The number of halogens is 2. The highest BCUT2D eigenvalue weighted by Gasteiger charge is 2.36. The Morgan fingerprint density at radius 1 is 1.22 bits per heavy atom. The largest absolute Gasteiger partial charge is 0.466 e. The van der Waals surface area contributed by atoms with Gasteiger partial charge in [0.25, 0.3) is 5.56 Å². The number of allylic oxidation sites excluding steroid dienone is 1. The fourth-order valence-electron chi connectivity index (χ4n) is 3.63. The molecule has 164 valence electrons. The molecule has 1 aromatic heterocycles. The van der Waals surface area contributed by atoms with Gasteiger partial charge in [-0.25, -0.2) is 14.2 Å². The lowest BCUT2D eigenvalue weighted by atomic mass is 9.82. The Hall–Kier alpha value is -3.10. The van der Waals surface area contributed by atoms with Crippen LogP contribution in [0.3, 0.4) is 0 Å². The quantitative estimate of drug-likeness (QED) is 0.314. The first-order chi connectivity index (χ1) is 15.4. The summed E-state index contributed by atoms with van der Waals surface area (Å²) in [6, 6.07) is 13.1. The predicted octanol–water partition coefficient (Wildman–Crippen LogP) is 4.86. The molecule has 0 radical (unpaired) electrons. The maximum Gasteiger partial charge on any atom is 0.336 e. The van der Waals surface area contributed by atoms with E-state index in [0.29, 0.717) is 33.0 Å². The third-order valence-electron chi connectivity index (χ3n) is 5.15. The zero-order chi connectivity index (χ0) is 22.8. The normalized spacial score (nSPS) is 15.2. The van der Waals surface area contributed by atoms with E-state index in [1.807, 2.05) is 18.2 Å². The van der Waals surface area contributed by atoms with E-state index in [4.69, 9.17) is 16.3 Å². The Kier molecular flexibility index (Phi) is 6.34. The van der Waals surface area contributed by atoms with Gasteiger partial charge in [0.15, 0.2) is 5.16 Å². The van der Waals surface area contributed by atoms with Gasteiger partial charge in [0.05, 0.1) is 24.2 Å². The van der Waals surface area contributed by atoms with Crippen molar-refractivity contribution < 1.29 is 13.9 Å². The number of ether oxygens (including phenoxy) is 1. The average Bonchev–Trinajstić information content (AvgIpc) is 2.77. The van der Waals surface area contributed by atoms with E-state index < -0.39 is 23.3 Å². The third kappa shape index (κ3) is 4.28. The van der Waals surface area contributed by atoms with E-state index in [1.165, 1.54) is 31.0 Å². The molecule has 0 saturated carbocycles. The Bertz CT molecular complexity index is 1270. The van der Waals surface area contributed by atoms with Crippen molar-refractivity contribution in [1.29, 1.82) is 0 Å². The second-order valence-corrected chi connectivity index (χ2v) is 8.52. The zero-order valence-electron chi connectivity index (χ0n) is 17.2. The number of nitrogens with zero attached hydrogens (tertiary/aromatic N) is 1. The Morgan fingerprint density at radius 3 is 2.62 bits per heavy atom. The van der Waals surface area contributed by atoms with Crippen LogP contribution in [0, 0.1) is 5.82 Å². The zero-order valence-corrected chi connectivity index (χ0v) is 18.8. The minimum atomic E-state index is -0.752. The van der Waals surface area contributed by atoms with Crippen LogP contribution in [0.1, 0.15) is 29.5 Å². The first kappa shape index (κ1) is 22.1. The van der Waals surface area contributed by atoms with Gasteiger partial charge in [-0.1, -0.05) is 53.7 Å². The second-order valence-electron chi connectivity index (χ2n) is 7.15. The number of fused-ring (bicyclic) bond motifs is 1. The minimum absolute atomic E-state index is 0.268. The summed E-state index contributed by atoms with van der Waals surface area (Å²) in [4.78, 5) is 33.1. The number of H-pyrrole nitrogens is 1. The minimum Gasteiger partial charge on any atom is -0.466 e. The molecule has 6 nitrogen and oxygen atoms in total. The van der Waals surface area contributed by atoms with Crippen LogP contribution in [0.4, 0.5) is 10.2 Å². The number of hydrogen-bond acceptors (Lipinski definition) is 6. The van der Waals surface area contributed by atoms with Crippen LogP contribution in [0.15, 0.2) is 69.8 Å². The number of carbonyl (C=O) groups is 1. The molecule has 0 aliphatic carbocycles. The average molecular weight is 472 g/mol. The molecular formula is C23H19ClFN3O3S. The molecule has 32 heavy (non-hydrogen) atoms. The van der Waals surface area contributed by atoms with Crippen LogP contribution in [0.2, 0.25) is 5.02 Å². The van der Waals surface area contributed by atoms with Gasteiger partial charge in [0.1, 0.15) is 11.6 Å². The molecule has 1 atom stereocenters. The summed E-state index contributed by atoms with van der Waals surface area (Å²) in [5.74, 6) is -0.883. The molecule has 0 bridgehead atoms. The summed E-state index contributed by atoms with van der Waals surface area (Å²) in [5, 5.41) is 4.11. The van der Waals surface area contributed by atoms with E-state index in [-0.39, 0.29) is 11.1 Å². The summed E-state index contributed by atoms with van der Waals surface area (Å²) in [6.07, 6.45) is 0. The van der Waals surface area contributed by atoms with Crippen LogP contribution in [0.5, 0.6) is 0 Å². The number of thioether (sulfide) groups is 1. The molecule has 3 aromatic rings. The number of aromatic nitrogens is 2. The van der Waals surface area contributed by atoms with Crippen molar-refractivity contribution in [3.63, 3.8) is 0 Å². The van der Waals surface area contributed by atoms with E-state index in [1.54, 1.807) is 25.1 Å². The summed E-state index contributed by atoms with van der Waals surface area (Å²) in [6.45, 7) is 1.71. The first-order valence-electron chi connectivity index (χ1n) is 9.71. The molecule has 1 aliphatic heterocycles. The van der Waals surface area contributed by atoms with E-state index in [2.05, 4.69) is 15.3 Å². The SMILES string of the molecule is COC(=O)C1=C(C)Nc2nc(SCc3ccccc3Cl)[nH]c(=O)c2C1c1ccc(F)cc1. The molecule has 9 heteroatoms. The Balaban J connectivity index is 1.76. The predicted molar refractivity (Wildman–Crippen MR) is 122 cm³/mol. The molecule has 0 spiro atoms. The monoisotopic (exact) mass is 471 g/mol. The second kappa shape index (κ2) is 9.18. The maximum absolute atomic E-state index is 13.5. The molecular weight excluding hydrogens is 453 g/mol. The molecule has 0 fully saturated rings. The lowest BCUT2D eigenvalue weighted by Gasteiger charge is -2.28. The molecule has 4 rings (SSSR count). The summed E-state index contributed by atoms with van der Waals surface area (Å²) >= 11 is 7.56. The van der Waals surface area contributed by atoms with Crippen LogP contribution in [-0.2, 0) is 15.3 Å². The molecule has 2 aromatic carbocycles. The molecule has 2 N–H and O–H groups in total. The summed E-state index contributed by atoms with van der Waals surface area (Å²) in [5.41, 5.74) is 2.16. The van der Waals surface area contributed by atoms with Crippen LogP contribution < -0.4 is 10.9 Å². The number of hydrogen-bond donors (Lipinski definition) is 2. The first-order valence-corrected chi connectivity index (χ1v) is 11.1. The fraction of sp³-hybridized carbons (Fsp3) is 0.174. The maximum atomic E-state index is 13.5. The van der Waals surface area contributed by atoms with Crippen LogP contribution in [0.25, 0.3) is 0 Å². The Labute approximate surface area is 192 Å². The van der Waals surface area contributed by atoms with Gasteiger partial charge in [-0.2, -0.15) is 0 Å². The van der Waals surface area contributed by atoms with Gasteiger partial charge in [-0.05, 0) is 36.2 Å². The van der Waals surface area contributed by atoms with Gasteiger partial charge in [-0.15, -0.1) is 0 Å². The summed E-state index contributed by atoms with van der Waals surface area (Å²) in [7, 11) is 1.27. The molecule has 1 unspecified atom stereocenters. The van der Waals surface area contributed by atoms with Crippen molar-refractivity contribution in [1.82, 2.24) is 9.97 Å². The highest BCUT2D eigenvalue weighted by molar-refractivity contribution is 7.98. The van der Waals surface area contributed by atoms with Gasteiger partial charge in [0, 0.05) is 16.5 Å². The van der Waals surface area contributed by atoms with Crippen LogP contribution in [-0.4, -0.2) is 23.0 Å². The molecule has 2 heterocycles. The number of rotatable bonds is 5. The standard InChI is InChI=1S/C23H19ClFN3O3S/c1-12-17(22(30)31-2)18(13-7-9-15(25)10-8-13)19-20(26-12)27-23(28-21(19)29)32-11-14-5-3-4-6-16(14)24/h3-10,18H,11H2,1-2H3,(H2,26,27,28,29). The number of esters is 1. The fourth-order valence-corrected chi connectivity index (χ4v) is 4.78. The Morgan fingerprint density at radius 2 is 1.94 bits per heavy atom. The van der Waals surface area contributed by atoms with E-state index >= 15 is 0 Å². The van der Waals surface area contributed by atoms with Crippen molar-refractivity contribution >= 4 is 35.1 Å². The lowest BCUT2D eigenvalue weighted by Crippen LogP contribution is -2.31. The van der Waals surface area contributed by atoms with Gasteiger partial charge < -0.3 is 15.0 Å². The van der Waals surface area contributed by atoms with Gasteiger partial charge in [0.2, 0.25) is 0 Å². The van der Waals surface area contributed by atoms with Gasteiger partial charge in [-0.3, -0.25) is 4.79 Å². The van der Waals surface area contributed by atoms with Crippen molar-refractivity contribution in [2.45, 2.75) is 23.8 Å². The lowest BCUT2D eigenvalue weighted by molar-refractivity contribution is -0.136.